The molecule has 9 nitrogen and oxygen atoms in total. The quantitative estimate of drug-likeness (QED) is 0.654. The first-order valence-corrected chi connectivity index (χ1v) is 11.2. The number of benzene rings is 1. The average Bonchev–Trinajstić information content (AvgIpc) is 3.34. The highest BCUT2D eigenvalue weighted by molar-refractivity contribution is 7.89. The maximum atomic E-state index is 13.0. The summed E-state index contributed by atoms with van der Waals surface area (Å²) in [7, 11) is -3.79. The minimum Gasteiger partial charge on any atom is -0.323 e. The van der Waals surface area contributed by atoms with Crippen molar-refractivity contribution in [1.82, 2.24) is 19.1 Å². The van der Waals surface area contributed by atoms with Gasteiger partial charge in [-0.1, -0.05) is 12.1 Å². The van der Waals surface area contributed by atoms with Crippen LogP contribution >= 0.6 is 0 Å². The van der Waals surface area contributed by atoms with Crippen molar-refractivity contribution in [2.24, 2.45) is 5.92 Å². The topological polar surface area (TPSA) is 121 Å². The lowest BCUT2D eigenvalue weighted by Crippen LogP contribution is -2.41. The standard InChI is InChI=1S/C21H20N6O3S/c22-15-17-5-1-2-7-19(17)31(29,30)26-13-8-16(9-14-26)21(28)25-18-6-3-10-23-20(18)27-12-4-11-24-27/h1-7,10-12,16H,8-9,13-14H2,(H,25,28). The molecule has 1 aromatic carbocycles. The van der Waals surface area contributed by atoms with E-state index in [4.69, 9.17) is 0 Å². The Morgan fingerprint density at radius 3 is 2.58 bits per heavy atom. The molecular weight excluding hydrogens is 416 g/mol. The third-order valence-corrected chi connectivity index (χ3v) is 7.17. The molecule has 0 aliphatic carbocycles. The second-order valence-corrected chi connectivity index (χ2v) is 9.01. The van der Waals surface area contributed by atoms with Gasteiger partial charge in [0.05, 0.1) is 16.1 Å². The van der Waals surface area contributed by atoms with Crippen LogP contribution < -0.4 is 5.32 Å². The molecule has 1 aliphatic rings. The van der Waals surface area contributed by atoms with Crippen LogP contribution in [0.3, 0.4) is 0 Å². The summed E-state index contributed by atoms with van der Waals surface area (Å²) in [5.41, 5.74) is 0.652. The lowest BCUT2D eigenvalue weighted by Gasteiger charge is -2.30. The monoisotopic (exact) mass is 436 g/mol. The number of carbonyl (C=O) groups excluding carboxylic acids is 1. The van der Waals surface area contributed by atoms with E-state index >= 15 is 0 Å². The van der Waals surface area contributed by atoms with E-state index in [-0.39, 0.29) is 35.4 Å². The Morgan fingerprint density at radius 1 is 1.10 bits per heavy atom. The van der Waals surface area contributed by atoms with E-state index in [1.165, 1.54) is 16.4 Å². The summed E-state index contributed by atoms with van der Waals surface area (Å²) in [5, 5.41) is 16.3. The number of anilines is 1. The maximum absolute atomic E-state index is 13.0. The Labute approximate surface area is 180 Å². The number of piperidine rings is 1. The van der Waals surface area contributed by atoms with Crippen molar-refractivity contribution in [3.63, 3.8) is 0 Å². The molecule has 0 unspecified atom stereocenters. The fourth-order valence-electron chi connectivity index (χ4n) is 3.59. The SMILES string of the molecule is N#Cc1ccccc1S(=O)(=O)N1CCC(C(=O)Nc2cccnc2-n2cccn2)CC1. The molecule has 3 heterocycles. The molecule has 31 heavy (non-hydrogen) atoms. The second-order valence-electron chi connectivity index (χ2n) is 7.10. The zero-order chi connectivity index (χ0) is 21.8. The highest BCUT2D eigenvalue weighted by Crippen LogP contribution is 2.27. The summed E-state index contributed by atoms with van der Waals surface area (Å²) < 4.78 is 28.8. The number of nitriles is 1. The van der Waals surface area contributed by atoms with Crippen LogP contribution in [0.4, 0.5) is 5.69 Å². The zero-order valence-corrected chi connectivity index (χ0v) is 17.4. The summed E-state index contributed by atoms with van der Waals surface area (Å²) in [6.07, 6.45) is 5.75. The van der Waals surface area contributed by atoms with E-state index in [0.717, 1.165) is 0 Å². The van der Waals surface area contributed by atoms with E-state index < -0.39 is 10.0 Å². The molecule has 0 radical (unpaired) electrons. The molecule has 4 rings (SSSR count). The van der Waals surface area contributed by atoms with Crippen molar-refractivity contribution in [2.45, 2.75) is 17.7 Å². The molecule has 0 saturated carbocycles. The van der Waals surface area contributed by atoms with Crippen molar-refractivity contribution in [3.8, 4) is 11.9 Å². The molecule has 1 amide bonds. The van der Waals surface area contributed by atoms with Crippen LogP contribution in [0, 0.1) is 17.2 Å². The molecule has 1 N–H and O–H groups in total. The van der Waals surface area contributed by atoms with Gasteiger partial charge in [-0.05, 0) is 43.2 Å². The number of nitrogens with zero attached hydrogens (tertiary/aromatic N) is 5. The van der Waals surface area contributed by atoms with Crippen LogP contribution in [0.2, 0.25) is 0 Å². The first-order valence-electron chi connectivity index (χ1n) is 9.76. The first-order chi connectivity index (χ1) is 15.0. The molecule has 158 valence electrons. The normalized spacial score (nSPS) is 15.3. The zero-order valence-electron chi connectivity index (χ0n) is 16.5. The lowest BCUT2D eigenvalue weighted by molar-refractivity contribution is -0.120. The van der Waals surface area contributed by atoms with E-state index in [1.54, 1.807) is 53.6 Å². The van der Waals surface area contributed by atoms with Gasteiger partial charge in [0, 0.05) is 37.6 Å². The Morgan fingerprint density at radius 2 is 1.87 bits per heavy atom. The van der Waals surface area contributed by atoms with Gasteiger partial charge in [-0.2, -0.15) is 14.7 Å². The molecule has 0 atom stereocenters. The number of sulfonamides is 1. The predicted octanol–water partition coefficient (Wildman–Crippen LogP) is 2.18. The minimum absolute atomic E-state index is 0.000346. The third kappa shape index (κ3) is 4.19. The third-order valence-electron chi connectivity index (χ3n) is 5.22. The van der Waals surface area contributed by atoms with Gasteiger partial charge in [-0.3, -0.25) is 4.79 Å². The molecule has 1 aliphatic heterocycles. The van der Waals surface area contributed by atoms with Crippen LogP contribution in [0.5, 0.6) is 0 Å². The summed E-state index contributed by atoms with van der Waals surface area (Å²) in [5.74, 6) is -0.00630. The number of rotatable bonds is 5. The molecule has 10 heteroatoms. The van der Waals surface area contributed by atoms with Gasteiger partial charge < -0.3 is 5.32 Å². The van der Waals surface area contributed by atoms with Crippen molar-refractivity contribution in [2.75, 3.05) is 18.4 Å². The van der Waals surface area contributed by atoms with E-state index in [2.05, 4.69) is 15.4 Å². The number of pyridine rings is 1. The summed E-state index contributed by atoms with van der Waals surface area (Å²) >= 11 is 0. The Hall–Kier alpha value is -3.55. The Bertz CT molecular complexity index is 1230. The molecular formula is C21H20N6O3S. The largest absolute Gasteiger partial charge is 0.323 e. The fourth-order valence-corrected chi connectivity index (χ4v) is 5.20. The van der Waals surface area contributed by atoms with Gasteiger partial charge in [-0.25, -0.2) is 18.1 Å². The van der Waals surface area contributed by atoms with Crippen LogP contribution in [-0.2, 0) is 14.8 Å². The number of aromatic nitrogens is 3. The van der Waals surface area contributed by atoms with Gasteiger partial charge in [-0.15, -0.1) is 0 Å². The highest BCUT2D eigenvalue weighted by Gasteiger charge is 2.33. The lowest BCUT2D eigenvalue weighted by atomic mass is 9.97. The second kappa shape index (κ2) is 8.67. The van der Waals surface area contributed by atoms with Gasteiger partial charge in [0.15, 0.2) is 5.82 Å². The van der Waals surface area contributed by atoms with Crippen LogP contribution in [0.25, 0.3) is 5.82 Å². The molecule has 1 saturated heterocycles. The molecule has 0 spiro atoms. The van der Waals surface area contributed by atoms with Crippen molar-refractivity contribution in [3.05, 3.63) is 66.6 Å². The summed E-state index contributed by atoms with van der Waals surface area (Å²) in [6, 6.07) is 13.3. The number of nitrogens with one attached hydrogen (secondary N) is 1. The first kappa shape index (κ1) is 20.7. The van der Waals surface area contributed by atoms with Gasteiger partial charge in [0.25, 0.3) is 0 Å². The Balaban J connectivity index is 1.44. The van der Waals surface area contributed by atoms with Crippen LogP contribution in [0.1, 0.15) is 18.4 Å². The predicted molar refractivity (Wildman–Crippen MR) is 113 cm³/mol. The van der Waals surface area contributed by atoms with Crippen molar-refractivity contribution >= 4 is 21.6 Å². The van der Waals surface area contributed by atoms with E-state index in [0.29, 0.717) is 24.3 Å². The van der Waals surface area contributed by atoms with Crippen molar-refractivity contribution < 1.29 is 13.2 Å². The number of carbonyl (C=O) groups is 1. The fraction of sp³-hybridized carbons (Fsp3) is 0.238. The molecule has 2 aromatic heterocycles. The summed E-state index contributed by atoms with van der Waals surface area (Å²) in [6.45, 7) is 0.415. The van der Waals surface area contributed by atoms with Gasteiger partial charge in [0.1, 0.15) is 6.07 Å². The highest BCUT2D eigenvalue weighted by atomic mass is 32.2. The smallest absolute Gasteiger partial charge is 0.244 e. The van der Waals surface area contributed by atoms with Gasteiger partial charge >= 0.3 is 0 Å². The van der Waals surface area contributed by atoms with E-state index in [9.17, 15) is 18.5 Å². The van der Waals surface area contributed by atoms with Crippen LogP contribution in [-0.4, -0.2) is 46.5 Å². The molecule has 3 aromatic rings. The Kier molecular flexibility index (Phi) is 5.79. The van der Waals surface area contributed by atoms with Crippen LogP contribution in [0.15, 0.2) is 66.0 Å². The minimum atomic E-state index is -3.79. The van der Waals surface area contributed by atoms with E-state index in [1.807, 2.05) is 6.07 Å². The summed E-state index contributed by atoms with van der Waals surface area (Å²) in [4.78, 5) is 17.1. The maximum Gasteiger partial charge on any atom is 0.244 e. The molecule has 0 bridgehead atoms. The van der Waals surface area contributed by atoms with Crippen molar-refractivity contribution in [1.29, 1.82) is 5.26 Å². The number of amides is 1. The average molecular weight is 436 g/mol. The number of hydrogen-bond acceptors (Lipinski definition) is 6. The number of hydrogen-bond donors (Lipinski definition) is 1. The van der Waals surface area contributed by atoms with Gasteiger partial charge in [0.2, 0.25) is 15.9 Å². The molecule has 1 fully saturated rings.